The van der Waals surface area contributed by atoms with Crippen molar-refractivity contribution in [3.05, 3.63) is 12.7 Å². The predicted octanol–water partition coefficient (Wildman–Crippen LogP) is 6.52. The van der Waals surface area contributed by atoms with Crippen LogP contribution in [0.2, 0.25) is 17.1 Å². The van der Waals surface area contributed by atoms with E-state index in [1.165, 1.54) is 31.7 Å². The summed E-state index contributed by atoms with van der Waals surface area (Å²) >= 11 is 0. The molecule has 0 saturated heterocycles. The number of allylic oxidation sites excluding steroid dienone is 1. The maximum absolute atomic E-state index is 12.5. The summed E-state index contributed by atoms with van der Waals surface area (Å²) in [7, 11) is -1.84. The fourth-order valence-electron chi connectivity index (χ4n) is 5.48. The number of ketones is 1. The summed E-state index contributed by atoms with van der Waals surface area (Å²) in [5.74, 6) is 1.56. The average molecular weight is 365 g/mol. The predicted molar refractivity (Wildman–Crippen MR) is 109 cm³/mol. The average Bonchev–Trinajstić information content (AvgIpc) is 2.86. The number of hydrogen-bond donors (Lipinski definition) is 0. The number of rotatable bonds is 9. The quantitative estimate of drug-likeness (QED) is 0.264. The van der Waals surface area contributed by atoms with E-state index in [0.717, 1.165) is 19.3 Å². The van der Waals surface area contributed by atoms with Gasteiger partial charge in [0.2, 0.25) is 0 Å². The molecule has 25 heavy (non-hydrogen) atoms. The summed E-state index contributed by atoms with van der Waals surface area (Å²) in [6.45, 7) is 15.5. The van der Waals surface area contributed by atoms with E-state index in [0.29, 0.717) is 34.8 Å². The molecule has 2 nitrogen and oxygen atoms in total. The Hall–Kier alpha value is -0.413. The highest BCUT2D eigenvalue weighted by Crippen LogP contribution is 2.48. The third-order valence-electron chi connectivity index (χ3n) is 7.03. The molecule has 2 aliphatic carbocycles. The Bertz CT molecular complexity index is 449. The van der Waals surface area contributed by atoms with Crippen LogP contribution >= 0.6 is 0 Å². The van der Waals surface area contributed by atoms with Gasteiger partial charge in [-0.1, -0.05) is 60.0 Å². The second-order valence-electron chi connectivity index (χ2n) is 9.20. The zero-order chi connectivity index (χ0) is 18.6. The Labute approximate surface area is 156 Å². The second kappa shape index (κ2) is 8.99. The van der Waals surface area contributed by atoms with Crippen LogP contribution in [-0.4, -0.2) is 20.2 Å². The minimum Gasteiger partial charge on any atom is -0.413 e. The topological polar surface area (TPSA) is 26.3 Å². The molecule has 0 N–H and O–H groups in total. The molecule has 4 atom stereocenters. The Kier molecular flexibility index (Phi) is 7.51. The molecule has 0 heterocycles. The molecule has 0 spiro atoms. The lowest BCUT2D eigenvalue weighted by atomic mass is 9.79. The SMILES string of the molecule is C=CCCCC[Si](OC1CCCC2C(=O)C(C)CC12)(C(C)C)C(C)C. The minimum atomic E-state index is -1.84. The minimum absolute atomic E-state index is 0.251. The van der Waals surface area contributed by atoms with Crippen LogP contribution in [0.15, 0.2) is 12.7 Å². The van der Waals surface area contributed by atoms with Crippen LogP contribution in [-0.2, 0) is 9.22 Å². The zero-order valence-electron chi connectivity index (χ0n) is 17.2. The fourth-order valence-corrected chi connectivity index (χ4v) is 10.3. The number of Topliss-reactive ketones (excluding diaryl/α,β-unsaturated/α-hetero) is 1. The van der Waals surface area contributed by atoms with Crippen molar-refractivity contribution in [3.63, 3.8) is 0 Å². The van der Waals surface area contributed by atoms with Gasteiger partial charge in [-0.25, -0.2) is 0 Å². The molecule has 2 fully saturated rings. The van der Waals surface area contributed by atoms with E-state index in [4.69, 9.17) is 4.43 Å². The van der Waals surface area contributed by atoms with E-state index in [-0.39, 0.29) is 5.92 Å². The lowest BCUT2D eigenvalue weighted by Gasteiger charge is -2.45. The Morgan fingerprint density at radius 2 is 1.88 bits per heavy atom. The van der Waals surface area contributed by atoms with Gasteiger partial charge >= 0.3 is 0 Å². The zero-order valence-corrected chi connectivity index (χ0v) is 18.2. The Morgan fingerprint density at radius 3 is 2.48 bits per heavy atom. The molecule has 2 saturated carbocycles. The van der Waals surface area contributed by atoms with Crippen LogP contribution in [0.4, 0.5) is 0 Å². The van der Waals surface area contributed by atoms with Gasteiger partial charge in [0.1, 0.15) is 5.78 Å². The van der Waals surface area contributed by atoms with Crippen LogP contribution in [0.25, 0.3) is 0 Å². The molecule has 3 heteroatoms. The van der Waals surface area contributed by atoms with Gasteiger partial charge in [-0.05, 0) is 48.7 Å². The molecule has 2 rings (SSSR count). The van der Waals surface area contributed by atoms with E-state index < -0.39 is 8.32 Å². The maximum atomic E-state index is 12.5. The molecular formula is C22H40O2Si. The van der Waals surface area contributed by atoms with Gasteiger partial charge in [-0.3, -0.25) is 4.79 Å². The van der Waals surface area contributed by atoms with Crippen molar-refractivity contribution in [3.8, 4) is 0 Å². The molecule has 0 radical (unpaired) electrons. The van der Waals surface area contributed by atoms with Gasteiger partial charge < -0.3 is 4.43 Å². The highest BCUT2D eigenvalue weighted by atomic mass is 28.4. The van der Waals surface area contributed by atoms with Crippen LogP contribution in [0.5, 0.6) is 0 Å². The van der Waals surface area contributed by atoms with Crippen molar-refractivity contribution in [1.29, 1.82) is 0 Å². The molecular weight excluding hydrogens is 324 g/mol. The van der Waals surface area contributed by atoms with Crippen molar-refractivity contribution in [1.82, 2.24) is 0 Å². The van der Waals surface area contributed by atoms with Gasteiger partial charge in [0.15, 0.2) is 8.32 Å². The molecule has 0 aromatic carbocycles. The number of fused-ring (bicyclic) bond motifs is 1. The molecule has 0 aromatic rings. The smallest absolute Gasteiger partial charge is 0.198 e. The van der Waals surface area contributed by atoms with Gasteiger partial charge in [0.25, 0.3) is 0 Å². The number of carbonyl (C=O) groups excluding carboxylic acids is 1. The van der Waals surface area contributed by atoms with E-state index >= 15 is 0 Å². The van der Waals surface area contributed by atoms with E-state index in [9.17, 15) is 4.79 Å². The van der Waals surface area contributed by atoms with Crippen molar-refractivity contribution >= 4 is 14.1 Å². The number of unbranched alkanes of at least 4 members (excludes halogenated alkanes) is 2. The standard InChI is InChI=1S/C22H40O2Si/c1-7-8-9-10-14-25(16(2)3,17(4)5)24-21-13-11-12-19-20(21)15-18(6)22(19)23/h7,16-21H,1,8-15H2,2-6H3. The fraction of sp³-hybridized carbons (Fsp3) is 0.864. The largest absolute Gasteiger partial charge is 0.413 e. The summed E-state index contributed by atoms with van der Waals surface area (Å²) in [6.07, 6.45) is 10.5. The van der Waals surface area contributed by atoms with Crippen molar-refractivity contribution in [2.24, 2.45) is 17.8 Å². The normalized spacial score (nSPS) is 30.1. The first kappa shape index (κ1) is 20.9. The van der Waals surface area contributed by atoms with E-state index in [2.05, 4.69) is 41.2 Å². The lowest BCUT2D eigenvalue weighted by molar-refractivity contribution is -0.125. The molecule has 2 aliphatic rings. The number of hydrogen-bond acceptors (Lipinski definition) is 2. The van der Waals surface area contributed by atoms with Crippen molar-refractivity contribution in [2.75, 3.05) is 0 Å². The lowest BCUT2D eigenvalue weighted by Crippen LogP contribution is -2.50. The Morgan fingerprint density at radius 1 is 1.20 bits per heavy atom. The van der Waals surface area contributed by atoms with Crippen molar-refractivity contribution < 1.29 is 9.22 Å². The summed E-state index contributed by atoms with van der Waals surface area (Å²) in [5, 5.41) is 0. The first-order valence-corrected chi connectivity index (χ1v) is 12.9. The molecule has 0 amide bonds. The summed E-state index contributed by atoms with van der Waals surface area (Å²) in [5.41, 5.74) is 1.26. The van der Waals surface area contributed by atoms with Gasteiger partial charge in [0.05, 0.1) is 0 Å². The van der Waals surface area contributed by atoms with Crippen molar-refractivity contribution in [2.45, 2.75) is 103 Å². The van der Waals surface area contributed by atoms with Crippen LogP contribution in [0.1, 0.15) is 79.6 Å². The van der Waals surface area contributed by atoms with E-state index in [1.807, 2.05) is 6.08 Å². The summed E-state index contributed by atoms with van der Waals surface area (Å²) in [4.78, 5) is 12.5. The molecule has 4 unspecified atom stereocenters. The van der Waals surface area contributed by atoms with Crippen LogP contribution in [0.3, 0.4) is 0 Å². The number of carbonyl (C=O) groups is 1. The monoisotopic (exact) mass is 364 g/mol. The third-order valence-corrected chi connectivity index (χ3v) is 12.8. The molecule has 0 aromatic heterocycles. The first-order valence-electron chi connectivity index (χ1n) is 10.7. The van der Waals surface area contributed by atoms with Crippen LogP contribution < -0.4 is 0 Å². The highest BCUT2D eigenvalue weighted by Gasteiger charge is 2.50. The molecule has 0 bridgehead atoms. The molecule has 0 aliphatic heterocycles. The van der Waals surface area contributed by atoms with Crippen LogP contribution in [0, 0.1) is 17.8 Å². The highest BCUT2D eigenvalue weighted by molar-refractivity contribution is 6.76. The summed E-state index contributed by atoms with van der Waals surface area (Å²) < 4.78 is 7.15. The second-order valence-corrected chi connectivity index (χ2v) is 14.2. The van der Waals surface area contributed by atoms with Gasteiger partial charge in [-0.2, -0.15) is 0 Å². The first-order chi connectivity index (χ1) is 11.8. The maximum Gasteiger partial charge on any atom is 0.198 e. The van der Waals surface area contributed by atoms with E-state index in [1.54, 1.807) is 0 Å². The van der Waals surface area contributed by atoms with Gasteiger partial charge in [-0.15, -0.1) is 6.58 Å². The third kappa shape index (κ3) is 4.47. The Balaban J connectivity index is 2.14. The molecule has 144 valence electrons. The van der Waals surface area contributed by atoms with Gasteiger partial charge in [0, 0.05) is 17.9 Å². The summed E-state index contributed by atoms with van der Waals surface area (Å²) in [6, 6.07) is 1.26.